The second kappa shape index (κ2) is 19.1. The Labute approximate surface area is 168 Å². The Kier molecular flexibility index (Phi) is 18.9. The van der Waals surface area contributed by atoms with Crippen LogP contribution in [0.1, 0.15) is 79.1 Å². The second-order valence-corrected chi connectivity index (χ2v) is 7.17. The van der Waals surface area contributed by atoms with Crippen LogP contribution in [-0.4, -0.2) is 69.8 Å². The van der Waals surface area contributed by atoms with Crippen LogP contribution in [0.4, 0.5) is 0 Å². The van der Waals surface area contributed by atoms with Crippen LogP contribution in [0.2, 0.25) is 0 Å². The molecule has 27 heavy (non-hydrogen) atoms. The molecule has 0 aliphatic heterocycles. The van der Waals surface area contributed by atoms with Gasteiger partial charge in [-0.2, -0.15) is 0 Å². The van der Waals surface area contributed by atoms with E-state index in [0.29, 0.717) is 33.1 Å². The molecule has 0 unspecified atom stereocenters. The van der Waals surface area contributed by atoms with Gasteiger partial charge < -0.3 is 18.9 Å². The lowest BCUT2D eigenvalue weighted by Gasteiger charge is -2.34. The molecule has 0 saturated heterocycles. The molecule has 6 nitrogen and oxygen atoms in total. The lowest BCUT2D eigenvalue weighted by Crippen LogP contribution is -2.48. The van der Waals surface area contributed by atoms with E-state index in [4.69, 9.17) is 18.9 Å². The molecule has 0 spiro atoms. The Morgan fingerprint density at radius 3 is 1.00 bits per heavy atom. The van der Waals surface area contributed by atoms with Crippen molar-refractivity contribution in [1.29, 1.82) is 0 Å². The van der Waals surface area contributed by atoms with Crippen LogP contribution in [0, 0.1) is 0 Å². The van der Waals surface area contributed by atoms with Crippen LogP contribution >= 0.6 is 0 Å². The third kappa shape index (κ3) is 14.4. The fourth-order valence-corrected chi connectivity index (χ4v) is 2.40. The maximum atomic E-state index is 5.96. The summed E-state index contributed by atoms with van der Waals surface area (Å²) in [6.07, 6.45) is 7.96. The van der Waals surface area contributed by atoms with Crippen molar-refractivity contribution in [2.45, 2.75) is 91.9 Å². The molecule has 0 atom stereocenters. The topological polar surface area (TPSA) is 43.4 Å². The van der Waals surface area contributed by atoms with E-state index in [9.17, 15) is 0 Å². The monoisotopic (exact) mass is 390 g/mol. The molecule has 0 fully saturated rings. The Morgan fingerprint density at radius 2 is 0.778 bits per heavy atom. The van der Waals surface area contributed by atoms with E-state index >= 15 is 0 Å². The van der Waals surface area contributed by atoms with Gasteiger partial charge in [0.05, 0.1) is 33.1 Å². The van der Waals surface area contributed by atoms with E-state index in [-0.39, 0.29) is 12.8 Å². The van der Waals surface area contributed by atoms with Crippen LogP contribution in [0.25, 0.3) is 0 Å². The van der Waals surface area contributed by atoms with Gasteiger partial charge in [0.25, 0.3) is 0 Å². The fraction of sp³-hybridized carbons (Fsp3) is 1.00. The first-order chi connectivity index (χ1) is 13.1. The molecule has 0 aromatic heterocycles. The number of hydrogen-bond donors (Lipinski definition) is 0. The molecule has 6 heteroatoms. The second-order valence-electron chi connectivity index (χ2n) is 7.17. The molecule has 0 N–H and O–H groups in total. The van der Waals surface area contributed by atoms with Crippen molar-refractivity contribution in [2.24, 2.45) is 0 Å². The fourth-order valence-electron chi connectivity index (χ4n) is 2.40. The predicted octanol–water partition coefficient (Wildman–Crippen LogP) is 4.64. The normalized spacial score (nSPS) is 12.2. The molecule has 0 aromatic rings. The minimum Gasteiger partial charge on any atom is -0.340 e. The van der Waals surface area contributed by atoms with Crippen LogP contribution in [0.15, 0.2) is 0 Å². The standard InChI is InChI=1S/C21H46N2O4/c1-7-11-15-24-20(25-16-12-8-2)22(5)19-23(6)21(26-17-13-9-3)27-18-14-10-4/h20-21H,7-19H2,1-6H3. The third-order valence-corrected chi connectivity index (χ3v) is 4.20. The zero-order valence-electron chi connectivity index (χ0n) is 18.9. The van der Waals surface area contributed by atoms with E-state index in [2.05, 4.69) is 37.5 Å². The highest BCUT2D eigenvalue weighted by Gasteiger charge is 2.22. The van der Waals surface area contributed by atoms with Gasteiger partial charge >= 0.3 is 0 Å². The van der Waals surface area contributed by atoms with Gasteiger partial charge in [0.2, 0.25) is 12.8 Å². The summed E-state index contributed by atoms with van der Waals surface area (Å²) in [5.41, 5.74) is 0. The Balaban J connectivity index is 4.63. The number of rotatable bonds is 20. The molecule has 0 aliphatic carbocycles. The number of ether oxygens (including phenoxy) is 4. The van der Waals surface area contributed by atoms with Gasteiger partial charge in [-0.05, 0) is 39.8 Å². The zero-order valence-corrected chi connectivity index (χ0v) is 18.9. The van der Waals surface area contributed by atoms with Crippen molar-refractivity contribution in [2.75, 3.05) is 47.2 Å². The highest BCUT2D eigenvalue weighted by atomic mass is 16.7. The number of unbranched alkanes of at least 4 members (excludes halogenated alkanes) is 4. The van der Waals surface area contributed by atoms with Gasteiger partial charge in [0.1, 0.15) is 0 Å². The molecule has 0 aliphatic rings. The van der Waals surface area contributed by atoms with Crippen molar-refractivity contribution in [1.82, 2.24) is 9.80 Å². The van der Waals surface area contributed by atoms with E-state index in [0.717, 1.165) is 51.4 Å². The number of hydrogen-bond acceptors (Lipinski definition) is 6. The van der Waals surface area contributed by atoms with Crippen LogP contribution in [-0.2, 0) is 18.9 Å². The van der Waals surface area contributed by atoms with Crippen molar-refractivity contribution < 1.29 is 18.9 Å². The average molecular weight is 391 g/mol. The van der Waals surface area contributed by atoms with Crippen molar-refractivity contribution in [3.05, 3.63) is 0 Å². The van der Waals surface area contributed by atoms with Crippen molar-refractivity contribution in [3.63, 3.8) is 0 Å². The van der Waals surface area contributed by atoms with Crippen LogP contribution in [0.5, 0.6) is 0 Å². The molecule has 0 saturated carbocycles. The molecule has 0 bridgehead atoms. The van der Waals surface area contributed by atoms with E-state index in [1.807, 2.05) is 14.1 Å². The first kappa shape index (κ1) is 26.8. The Bertz CT molecular complexity index is 260. The summed E-state index contributed by atoms with van der Waals surface area (Å²) in [5, 5.41) is 0. The molecule has 0 rings (SSSR count). The summed E-state index contributed by atoms with van der Waals surface area (Å²) in [4.78, 5) is 4.15. The van der Waals surface area contributed by atoms with Crippen molar-refractivity contribution >= 4 is 0 Å². The summed E-state index contributed by atoms with van der Waals surface area (Å²) in [6, 6.07) is 0. The van der Waals surface area contributed by atoms with Crippen LogP contribution < -0.4 is 0 Å². The van der Waals surface area contributed by atoms with E-state index < -0.39 is 0 Å². The largest absolute Gasteiger partial charge is 0.340 e. The molecule has 0 radical (unpaired) electrons. The minimum absolute atomic E-state index is 0.336. The lowest BCUT2D eigenvalue weighted by molar-refractivity contribution is -0.259. The van der Waals surface area contributed by atoms with Gasteiger partial charge in [-0.15, -0.1) is 0 Å². The maximum absolute atomic E-state index is 5.96. The minimum atomic E-state index is -0.336. The van der Waals surface area contributed by atoms with E-state index in [1.54, 1.807) is 0 Å². The highest BCUT2D eigenvalue weighted by Crippen LogP contribution is 2.10. The molecule has 0 amide bonds. The number of nitrogens with zero attached hydrogens (tertiary/aromatic N) is 2. The molecular weight excluding hydrogens is 344 g/mol. The zero-order chi connectivity index (χ0) is 20.3. The highest BCUT2D eigenvalue weighted by molar-refractivity contribution is 4.55. The predicted molar refractivity (Wildman–Crippen MR) is 111 cm³/mol. The van der Waals surface area contributed by atoms with Crippen LogP contribution in [0.3, 0.4) is 0 Å². The lowest BCUT2D eigenvalue weighted by atomic mass is 10.4. The van der Waals surface area contributed by atoms with E-state index in [1.165, 1.54) is 0 Å². The first-order valence-corrected chi connectivity index (χ1v) is 11.0. The molecule has 0 heterocycles. The maximum Gasteiger partial charge on any atom is 0.219 e. The van der Waals surface area contributed by atoms with Gasteiger partial charge in [0, 0.05) is 0 Å². The third-order valence-electron chi connectivity index (χ3n) is 4.20. The summed E-state index contributed by atoms with van der Waals surface area (Å²) in [7, 11) is 4.04. The average Bonchev–Trinajstić information content (AvgIpc) is 2.65. The first-order valence-electron chi connectivity index (χ1n) is 11.0. The SMILES string of the molecule is CCCCOC(OCCCC)N(C)CN(C)C(OCCCC)OCCCC. The van der Waals surface area contributed by atoms with Gasteiger partial charge in [0.15, 0.2) is 0 Å². The van der Waals surface area contributed by atoms with Gasteiger partial charge in [-0.1, -0.05) is 53.4 Å². The molecule has 164 valence electrons. The van der Waals surface area contributed by atoms with Gasteiger partial charge in [-0.25, -0.2) is 9.80 Å². The summed E-state index contributed by atoms with van der Waals surface area (Å²) in [5.74, 6) is 0. The Hall–Kier alpha value is -0.240. The Morgan fingerprint density at radius 1 is 0.519 bits per heavy atom. The summed E-state index contributed by atoms with van der Waals surface area (Å²) < 4.78 is 23.9. The molecular formula is C21H46N2O4. The summed E-state index contributed by atoms with van der Waals surface area (Å²) in [6.45, 7) is 12.2. The van der Waals surface area contributed by atoms with Gasteiger partial charge in [-0.3, -0.25) is 0 Å². The smallest absolute Gasteiger partial charge is 0.219 e. The molecule has 0 aromatic carbocycles. The van der Waals surface area contributed by atoms with Crippen molar-refractivity contribution in [3.8, 4) is 0 Å². The quantitative estimate of drug-likeness (QED) is 0.223. The summed E-state index contributed by atoms with van der Waals surface area (Å²) >= 11 is 0.